The van der Waals surface area contributed by atoms with Crippen molar-refractivity contribution in [3.63, 3.8) is 0 Å². The first kappa shape index (κ1) is 14.3. The summed E-state index contributed by atoms with van der Waals surface area (Å²) < 4.78 is 0. The van der Waals surface area contributed by atoms with Gasteiger partial charge in [0, 0.05) is 25.3 Å². The van der Waals surface area contributed by atoms with Crippen LogP contribution in [0.2, 0.25) is 0 Å². The highest BCUT2D eigenvalue weighted by molar-refractivity contribution is 5.42. The summed E-state index contributed by atoms with van der Waals surface area (Å²) in [6, 6.07) is 4.88. The van der Waals surface area contributed by atoms with Crippen molar-refractivity contribution in [3.05, 3.63) is 23.4 Å². The second-order valence-electron chi connectivity index (χ2n) is 5.81. The third-order valence-corrected chi connectivity index (χ3v) is 4.70. The Morgan fingerprint density at radius 3 is 2.47 bits per heavy atom. The minimum absolute atomic E-state index is 0.574. The van der Waals surface area contributed by atoms with Gasteiger partial charge in [-0.15, -0.1) is 0 Å². The maximum Gasteiger partial charge on any atom is 0.128 e. The lowest BCUT2D eigenvalue weighted by Crippen LogP contribution is -2.35. The van der Waals surface area contributed by atoms with Crippen LogP contribution < -0.4 is 10.6 Å². The number of rotatable bonds is 4. The third-order valence-electron chi connectivity index (χ3n) is 4.70. The maximum absolute atomic E-state index is 5.70. The van der Waals surface area contributed by atoms with Gasteiger partial charge in [-0.05, 0) is 50.2 Å². The van der Waals surface area contributed by atoms with E-state index in [9.17, 15) is 0 Å². The molecule has 0 amide bonds. The van der Waals surface area contributed by atoms with Crippen molar-refractivity contribution in [2.75, 3.05) is 11.9 Å². The van der Waals surface area contributed by atoms with Gasteiger partial charge < -0.3 is 10.6 Å². The summed E-state index contributed by atoms with van der Waals surface area (Å²) in [6.07, 6.45) is 6.67. The first-order chi connectivity index (χ1) is 9.15. The molecule has 0 aromatic carbocycles. The predicted molar refractivity (Wildman–Crippen MR) is 81.3 cm³/mol. The van der Waals surface area contributed by atoms with Crippen LogP contribution in [-0.2, 0) is 6.54 Å². The highest BCUT2D eigenvalue weighted by Gasteiger charge is 2.23. The molecule has 3 nitrogen and oxygen atoms in total. The van der Waals surface area contributed by atoms with Crippen molar-refractivity contribution in [1.82, 2.24) is 4.98 Å². The van der Waals surface area contributed by atoms with E-state index in [0.717, 1.165) is 23.0 Å². The Bertz CT molecular complexity index is 408. The van der Waals surface area contributed by atoms with Crippen LogP contribution in [0.25, 0.3) is 0 Å². The fourth-order valence-electron chi connectivity index (χ4n) is 3.12. The predicted octanol–water partition coefficient (Wildman–Crippen LogP) is 3.25. The first-order valence-corrected chi connectivity index (χ1v) is 7.55. The molecular weight excluding hydrogens is 234 g/mol. The topological polar surface area (TPSA) is 42.1 Å². The largest absolute Gasteiger partial charge is 0.357 e. The smallest absolute Gasteiger partial charge is 0.128 e. The first-order valence-electron chi connectivity index (χ1n) is 7.55. The van der Waals surface area contributed by atoms with Gasteiger partial charge in [0.2, 0.25) is 0 Å². The van der Waals surface area contributed by atoms with Gasteiger partial charge in [0.1, 0.15) is 5.82 Å². The number of aryl methyl sites for hydroxylation is 1. The van der Waals surface area contributed by atoms with E-state index in [-0.39, 0.29) is 0 Å². The summed E-state index contributed by atoms with van der Waals surface area (Å²) in [6.45, 7) is 4.93. The average Bonchev–Trinajstić information content (AvgIpc) is 2.46. The number of pyridine rings is 1. The van der Waals surface area contributed by atoms with Crippen LogP contribution >= 0.6 is 0 Å². The lowest BCUT2D eigenvalue weighted by molar-refractivity contribution is 0.313. The van der Waals surface area contributed by atoms with Crippen molar-refractivity contribution >= 4 is 5.82 Å². The third kappa shape index (κ3) is 3.27. The van der Waals surface area contributed by atoms with E-state index in [1.165, 1.54) is 32.1 Å². The number of hydrogen-bond acceptors (Lipinski definition) is 3. The van der Waals surface area contributed by atoms with Gasteiger partial charge in [0.05, 0.1) is 0 Å². The second kappa shape index (κ2) is 6.38. The molecule has 0 bridgehead atoms. The van der Waals surface area contributed by atoms with Crippen LogP contribution in [0.4, 0.5) is 5.82 Å². The van der Waals surface area contributed by atoms with Gasteiger partial charge in [-0.3, -0.25) is 0 Å². The Balaban J connectivity index is 2.03. The molecule has 1 aromatic rings. The molecule has 1 saturated carbocycles. The summed E-state index contributed by atoms with van der Waals surface area (Å²) in [4.78, 5) is 7.06. The molecule has 1 aromatic heterocycles. The van der Waals surface area contributed by atoms with Crippen molar-refractivity contribution < 1.29 is 0 Å². The van der Waals surface area contributed by atoms with Crippen LogP contribution in [0, 0.1) is 12.8 Å². The standard InChI is InChI=1S/C16H27N3/c1-4-13-5-8-15(9-6-13)19(3)16-10-7-14(11-17)12(2)18-16/h7,10,13,15H,4-6,8-9,11,17H2,1-3H3. The zero-order valence-electron chi connectivity index (χ0n) is 12.5. The minimum Gasteiger partial charge on any atom is -0.357 e. The van der Waals surface area contributed by atoms with Crippen molar-refractivity contribution in [2.45, 2.75) is 58.5 Å². The molecular formula is C16H27N3. The maximum atomic E-state index is 5.70. The molecule has 2 rings (SSSR count). The zero-order valence-corrected chi connectivity index (χ0v) is 12.5. The SMILES string of the molecule is CCC1CCC(N(C)c2ccc(CN)c(C)n2)CC1. The summed E-state index contributed by atoms with van der Waals surface area (Å²) in [7, 11) is 2.18. The van der Waals surface area contributed by atoms with Gasteiger partial charge in [-0.1, -0.05) is 19.4 Å². The normalized spacial score (nSPS) is 23.4. The number of nitrogens with zero attached hydrogens (tertiary/aromatic N) is 2. The zero-order chi connectivity index (χ0) is 13.8. The van der Waals surface area contributed by atoms with Crippen LogP contribution in [0.1, 0.15) is 50.3 Å². The summed E-state index contributed by atoms with van der Waals surface area (Å²) >= 11 is 0. The average molecular weight is 261 g/mol. The van der Waals surface area contributed by atoms with Crippen molar-refractivity contribution in [1.29, 1.82) is 0 Å². The summed E-state index contributed by atoms with van der Waals surface area (Å²) in [5, 5.41) is 0. The Labute approximate surface area is 117 Å². The molecule has 1 aliphatic carbocycles. The Morgan fingerprint density at radius 1 is 1.26 bits per heavy atom. The monoisotopic (exact) mass is 261 g/mol. The molecule has 3 heteroatoms. The van der Waals surface area contributed by atoms with E-state index in [2.05, 4.69) is 31.0 Å². The van der Waals surface area contributed by atoms with E-state index in [1.807, 2.05) is 6.92 Å². The van der Waals surface area contributed by atoms with Crippen LogP contribution in [0.15, 0.2) is 12.1 Å². The van der Waals surface area contributed by atoms with Crippen molar-refractivity contribution in [3.8, 4) is 0 Å². The van der Waals surface area contributed by atoms with E-state index < -0.39 is 0 Å². The molecule has 19 heavy (non-hydrogen) atoms. The second-order valence-corrected chi connectivity index (χ2v) is 5.81. The van der Waals surface area contributed by atoms with Crippen LogP contribution in [0.5, 0.6) is 0 Å². The molecule has 0 unspecified atom stereocenters. The van der Waals surface area contributed by atoms with E-state index in [0.29, 0.717) is 12.6 Å². The van der Waals surface area contributed by atoms with Gasteiger partial charge in [0.25, 0.3) is 0 Å². The number of aromatic nitrogens is 1. The molecule has 1 heterocycles. The van der Waals surface area contributed by atoms with Gasteiger partial charge >= 0.3 is 0 Å². The molecule has 0 aliphatic heterocycles. The molecule has 106 valence electrons. The van der Waals surface area contributed by atoms with Crippen LogP contribution in [0.3, 0.4) is 0 Å². The van der Waals surface area contributed by atoms with Gasteiger partial charge in [-0.2, -0.15) is 0 Å². The number of nitrogens with two attached hydrogens (primary N) is 1. The summed E-state index contributed by atoms with van der Waals surface area (Å²) in [5.41, 5.74) is 7.91. The minimum atomic E-state index is 0.574. The highest BCUT2D eigenvalue weighted by atomic mass is 15.2. The van der Waals surface area contributed by atoms with Gasteiger partial charge in [-0.25, -0.2) is 4.98 Å². The van der Waals surface area contributed by atoms with Crippen molar-refractivity contribution in [2.24, 2.45) is 11.7 Å². The molecule has 2 N–H and O–H groups in total. The molecule has 0 atom stereocenters. The number of hydrogen-bond donors (Lipinski definition) is 1. The summed E-state index contributed by atoms with van der Waals surface area (Å²) in [5.74, 6) is 2.04. The van der Waals surface area contributed by atoms with E-state index in [1.54, 1.807) is 0 Å². The Morgan fingerprint density at radius 2 is 1.95 bits per heavy atom. The van der Waals surface area contributed by atoms with Gasteiger partial charge in [0.15, 0.2) is 0 Å². The fraction of sp³-hybridized carbons (Fsp3) is 0.688. The molecule has 1 fully saturated rings. The lowest BCUT2D eigenvalue weighted by atomic mass is 9.84. The lowest BCUT2D eigenvalue weighted by Gasteiger charge is -2.35. The van der Waals surface area contributed by atoms with E-state index >= 15 is 0 Å². The Hall–Kier alpha value is -1.09. The van der Waals surface area contributed by atoms with Crippen LogP contribution in [-0.4, -0.2) is 18.1 Å². The molecule has 1 aliphatic rings. The fourth-order valence-corrected chi connectivity index (χ4v) is 3.12. The van der Waals surface area contributed by atoms with E-state index in [4.69, 9.17) is 10.7 Å². The quantitative estimate of drug-likeness (QED) is 0.904. The Kier molecular flexibility index (Phi) is 4.81. The molecule has 0 saturated heterocycles. The molecule has 0 spiro atoms. The highest BCUT2D eigenvalue weighted by Crippen LogP contribution is 2.30. The molecule has 0 radical (unpaired) electrons. The number of anilines is 1.